The third-order valence-corrected chi connectivity index (χ3v) is 5.15. The number of imidazole rings is 1. The minimum absolute atomic E-state index is 0.214. The van der Waals surface area contributed by atoms with Gasteiger partial charge in [-0.15, -0.1) is 0 Å². The Balaban J connectivity index is 1.57. The highest BCUT2D eigenvalue weighted by molar-refractivity contribution is 9.10. The van der Waals surface area contributed by atoms with Crippen LogP contribution in [0.2, 0.25) is 0 Å². The summed E-state index contributed by atoms with van der Waals surface area (Å²) >= 11 is 4.90. The van der Waals surface area contributed by atoms with Crippen molar-refractivity contribution in [1.29, 1.82) is 0 Å². The number of aromatic amines is 1. The molecule has 1 N–H and O–H groups in total. The van der Waals surface area contributed by atoms with E-state index in [4.69, 9.17) is 0 Å². The zero-order valence-corrected chi connectivity index (χ0v) is 14.6. The van der Waals surface area contributed by atoms with Gasteiger partial charge in [0.05, 0.1) is 17.6 Å². The van der Waals surface area contributed by atoms with Crippen LogP contribution in [0.3, 0.4) is 0 Å². The number of hydrogen-bond acceptors (Lipinski definition) is 3. The molecule has 0 spiro atoms. The number of carbonyl (C=O) groups is 1. The number of hydrogen-bond donors (Lipinski definition) is 1. The summed E-state index contributed by atoms with van der Waals surface area (Å²) < 4.78 is 1.05. The molecule has 1 saturated heterocycles. The van der Waals surface area contributed by atoms with Crippen LogP contribution < -0.4 is 0 Å². The maximum Gasteiger partial charge on any atom is 0.233 e. The summed E-state index contributed by atoms with van der Waals surface area (Å²) in [6, 6.07) is 8.07. The van der Waals surface area contributed by atoms with Crippen molar-refractivity contribution in [1.82, 2.24) is 14.9 Å². The standard InChI is InChI=1S/C16H18BrN3OS/c17-13-6-4-12(5-7-13)14-10-18-16(19-14)22-11-15(21)20-8-2-1-3-9-20/h4-7,10H,1-3,8-9,11H2,(H,18,19). The number of amides is 1. The number of rotatable bonds is 4. The van der Waals surface area contributed by atoms with Crippen LogP contribution in [0, 0.1) is 0 Å². The van der Waals surface area contributed by atoms with Gasteiger partial charge in [-0.25, -0.2) is 4.98 Å². The minimum Gasteiger partial charge on any atom is -0.342 e. The number of carbonyl (C=O) groups excluding carboxylic acids is 1. The molecule has 0 radical (unpaired) electrons. The lowest BCUT2D eigenvalue weighted by Crippen LogP contribution is -2.36. The van der Waals surface area contributed by atoms with Gasteiger partial charge in [0.2, 0.25) is 5.91 Å². The van der Waals surface area contributed by atoms with Crippen LogP contribution >= 0.6 is 27.7 Å². The Hall–Kier alpha value is -1.27. The summed E-state index contributed by atoms with van der Waals surface area (Å²) in [5, 5.41) is 0.795. The van der Waals surface area contributed by atoms with Crippen molar-refractivity contribution < 1.29 is 4.79 Å². The van der Waals surface area contributed by atoms with E-state index in [1.807, 2.05) is 35.4 Å². The number of thioether (sulfide) groups is 1. The zero-order chi connectivity index (χ0) is 15.4. The van der Waals surface area contributed by atoms with Crippen molar-refractivity contribution >= 4 is 33.6 Å². The molecule has 0 saturated carbocycles. The van der Waals surface area contributed by atoms with E-state index in [0.717, 1.165) is 46.8 Å². The second-order valence-corrected chi connectivity index (χ2v) is 7.22. The summed E-state index contributed by atoms with van der Waals surface area (Å²) in [5.41, 5.74) is 2.06. The average Bonchev–Trinajstić information content (AvgIpc) is 3.03. The first-order chi connectivity index (χ1) is 10.7. The Morgan fingerprint density at radius 1 is 1.23 bits per heavy atom. The van der Waals surface area contributed by atoms with Gasteiger partial charge in [0.15, 0.2) is 5.16 Å². The molecule has 1 amide bonds. The van der Waals surface area contributed by atoms with Crippen molar-refractivity contribution in [2.45, 2.75) is 24.4 Å². The van der Waals surface area contributed by atoms with Gasteiger partial charge in [-0.3, -0.25) is 4.79 Å². The van der Waals surface area contributed by atoms with Crippen molar-refractivity contribution in [3.8, 4) is 11.3 Å². The van der Waals surface area contributed by atoms with E-state index in [1.54, 1.807) is 0 Å². The first-order valence-corrected chi connectivity index (χ1v) is 9.22. The van der Waals surface area contributed by atoms with Crippen LogP contribution in [0.4, 0.5) is 0 Å². The van der Waals surface area contributed by atoms with Crippen LogP contribution in [0.5, 0.6) is 0 Å². The van der Waals surface area contributed by atoms with Gasteiger partial charge in [0.25, 0.3) is 0 Å². The maximum absolute atomic E-state index is 12.1. The normalized spacial score (nSPS) is 15.0. The number of aromatic nitrogens is 2. The van der Waals surface area contributed by atoms with E-state index in [0.29, 0.717) is 5.75 Å². The number of likely N-dealkylation sites (tertiary alicyclic amines) is 1. The monoisotopic (exact) mass is 379 g/mol. The molecule has 0 unspecified atom stereocenters. The van der Waals surface area contributed by atoms with Crippen LogP contribution in [0.1, 0.15) is 19.3 Å². The zero-order valence-electron chi connectivity index (χ0n) is 12.2. The van der Waals surface area contributed by atoms with Gasteiger partial charge in [-0.2, -0.15) is 0 Å². The number of halogens is 1. The lowest BCUT2D eigenvalue weighted by atomic mass is 10.1. The first-order valence-electron chi connectivity index (χ1n) is 7.44. The fourth-order valence-electron chi connectivity index (χ4n) is 2.52. The highest BCUT2D eigenvalue weighted by atomic mass is 79.9. The molecule has 1 aromatic heterocycles. The van der Waals surface area contributed by atoms with Gasteiger partial charge in [-0.05, 0) is 37.0 Å². The summed E-state index contributed by atoms with van der Waals surface area (Å²) in [5.74, 6) is 0.666. The highest BCUT2D eigenvalue weighted by Gasteiger charge is 2.17. The van der Waals surface area contributed by atoms with E-state index < -0.39 is 0 Å². The maximum atomic E-state index is 12.1. The van der Waals surface area contributed by atoms with Crippen LogP contribution in [-0.2, 0) is 4.79 Å². The van der Waals surface area contributed by atoms with Crippen LogP contribution in [-0.4, -0.2) is 39.6 Å². The van der Waals surface area contributed by atoms with Gasteiger partial charge in [0, 0.05) is 17.6 Å². The van der Waals surface area contributed by atoms with E-state index in [9.17, 15) is 4.79 Å². The second-order valence-electron chi connectivity index (χ2n) is 5.34. The number of nitrogens with zero attached hydrogens (tertiary/aromatic N) is 2. The quantitative estimate of drug-likeness (QED) is 0.818. The number of benzene rings is 1. The van der Waals surface area contributed by atoms with Gasteiger partial charge < -0.3 is 9.88 Å². The molecule has 6 heteroatoms. The molecule has 3 rings (SSSR count). The topological polar surface area (TPSA) is 49.0 Å². The molecule has 0 aliphatic carbocycles. The number of H-pyrrole nitrogens is 1. The van der Waals surface area contributed by atoms with Gasteiger partial charge in [0.1, 0.15) is 0 Å². The molecule has 116 valence electrons. The smallest absolute Gasteiger partial charge is 0.233 e. The molecular formula is C16H18BrN3OS. The van der Waals surface area contributed by atoms with Gasteiger partial charge in [-0.1, -0.05) is 39.8 Å². The molecule has 2 aromatic rings. The van der Waals surface area contributed by atoms with Gasteiger partial charge >= 0.3 is 0 Å². The lowest BCUT2D eigenvalue weighted by Gasteiger charge is -2.26. The molecule has 4 nitrogen and oxygen atoms in total. The number of nitrogens with one attached hydrogen (secondary N) is 1. The summed E-state index contributed by atoms with van der Waals surface area (Å²) in [6.07, 6.45) is 5.32. The Kier molecular flexibility index (Phi) is 5.20. The molecule has 0 atom stereocenters. The molecule has 1 aliphatic heterocycles. The molecule has 0 bridgehead atoms. The van der Waals surface area contributed by atoms with Crippen molar-refractivity contribution in [3.05, 3.63) is 34.9 Å². The summed E-state index contributed by atoms with van der Waals surface area (Å²) in [7, 11) is 0. The Morgan fingerprint density at radius 3 is 2.68 bits per heavy atom. The van der Waals surface area contributed by atoms with Crippen molar-refractivity contribution in [2.75, 3.05) is 18.8 Å². The molecule has 1 aromatic carbocycles. The predicted molar refractivity (Wildman–Crippen MR) is 92.9 cm³/mol. The SMILES string of the molecule is O=C(CSc1ncc(-c2ccc(Br)cc2)[nH]1)N1CCCCC1. The molecule has 1 fully saturated rings. The Bertz CT molecular complexity index is 635. The van der Waals surface area contributed by atoms with Crippen LogP contribution in [0.15, 0.2) is 40.1 Å². The second kappa shape index (κ2) is 7.33. The fraction of sp³-hybridized carbons (Fsp3) is 0.375. The molecule has 1 aliphatic rings. The largest absolute Gasteiger partial charge is 0.342 e. The van der Waals surface area contributed by atoms with Crippen molar-refractivity contribution in [2.24, 2.45) is 0 Å². The predicted octanol–water partition coefficient (Wildman–Crippen LogP) is 3.94. The lowest BCUT2D eigenvalue weighted by molar-refractivity contribution is -0.129. The average molecular weight is 380 g/mol. The van der Waals surface area contributed by atoms with E-state index in [1.165, 1.54) is 18.2 Å². The molecule has 2 heterocycles. The molecular weight excluding hydrogens is 362 g/mol. The minimum atomic E-state index is 0.214. The third-order valence-electron chi connectivity index (χ3n) is 3.75. The van der Waals surface area contributed by atoms with Crippen LogP contribution in [0.25, 0.3) is 11.3 Å². The van der Waals surface area contributed by atoms with E-state index >= 15 is 0 Å². The van der Waals surface area contributed by atoms with E-state index in [2.05, 4.69) is 25.9 Å². The van der Waals surface area contributed by atoms with Crippen molar-refractivity contribution in [3.63, 3.8) is 0 Å². The summed E-state index contributed by atoms with van der Waals surface area (Å²) in [4.78, 5) is 21.7. The summed E-state index contributed by atoms with van der Waals surface area (Å²) in [6.45, 7) is 1.81. The first kappa shape index (κ1) is 15.6. The highest BCUT2D eigenvalue weighted by Crippen LogP contribution is 2.23. The number of piperidine rings is 1. The molecule has 22 heavy (non-hydrogen) atoms. The van der Waals surface area contributed by atoms with E-state index in [-0.39, 0.29) is 5.91 Å². The fourth-order valence-corrected chi connectivity index (χ4v) is 3.53. The Morgan fingerprint density at radius 2 is 1.95 bits per heavy atom. The third kappa shape index (κ3) is 3.93. The Labute approximate surface area is 142 Å².